The molecule has 0 aliphatic heterocycles. The average Bonchev–Trinajstić information content (AvgIpc) is 2.38. The monoisotopic (exact) mass is 266 g/mol. The van der Waals surface area contributed by atoms with Gasteiger partial charge in [0.2, 0.25) is 5.67 Å². The Morgan fingerprint density at radius 1 is 1.47 bits per heavy atom. The van der Waals surface area contributed by atoms with Crippen LogP contribution in [0.2, 0.25) is 0 Å². The molecule has 0 spiro atoms. The highest BCUT2D eigenvalue weighted by Crippen LogP contribution is 2.36. The zero-order chi connectivity index (χ0) is 14.5. The third kappa shape index (κ3) is 3.64. The third-order valence-corrected chi connectivity index (χ3v) is 2.72. The molecule has 1 N–H and O–H groups in total. The molecule has 0 aliphatic rings. The lowest BCUT2D eigenvalue weighted by Crippen LogP contribution is -2.42. The van der Waals surface area contributed by atoms with E-state index in [1.807, 2.05) is 0 Å². The molecule has 0 fully saturated rings. The van der Waals surface area contributed by atoms with Crippen molar-refractivity contribution in [3.63, 3.8) is 0 Å². The molecule has 0 aliphatic carbocycles. The van der Waals surface area contributed by atoms with E-state index in [2.05, 4.69) is 6.58 Å². The Hall–Kier alpha value is -1.68. The van der Waals surface area contributed by atoms with Crippen LogP contribution in [0.25, 0.3) is 0 Å². The Morgan fingerprint density at radius 3 is 2.53 bits per heavy atom. The summed E-state index contributed by atoms with van der Waals surface area (Å²) in [5.74, 6) is -1.06. The second kappa shape index (κ2) is 6.48. The van der Waals surface area contributed by atoms with Crippen LogP contribution in [-0.2, 0) is 9.53 Å². The van der Waals surface area contributed by atoms with Gasteiger partial charge in [0.25, 0.3) is 0 Å². The van der Waals surface area contributed by atoms with Gasteiger partial charge in [0, 0.05) is 6.42 Å². The smallest absolute Gasteiger partial charge is 0.347 e. The van der Waals surface area contributed by atoms with Gasteiger partial charge in [0.05, 0.1) is 6.61 Å². The van der Waals surface area contributed by atoms with Gasteiger partial charge in [-0.1, -0.05) is 35.9 Å². The second-order valence-corrected chi connectivity index (χ2v) is 4.53. The number of halogens is 1. The van der Waals surface area contributed by atoms with E-state index in [0.29, 0.717) is 11.1 Å². The summed E-state index contributed by atoms with van der Waals surface area (Å²) >= 11 is 0. The fourth-order valence-electron chi connectivity index (χ4n) is 1.87. The zero-order valence-corrected chi connectivity index (χ0v) is 11.2. The van der Waals surface area contributed by atoms with Gasteiger partial charge in [-0.3, -0.25) is 0 Å². The Morgan fingerprint density at radius 2 is 2.05 bits per heavy atom. The summed E-state index contributed by atoms with van der Waals surface area (Å²) in [7, 11) is 0. The quantitative estimate of drug-likeness (QED) is 0.636. The van der Waals surface area contributed by atoms with Crippen LogP contribution in [-0.4, -0.2) is 23.4 Å². The van der Waals surface area contributed by atoms with Crippen LogP contribution in [0.4, 0.5) is 4.39 Å². The highest BCUT2D eigenvalue weighted by atomic mass is 19.1. The summed E-state index contributed by atoms with van der Waals surface area (Å²) in [4.78, 5) is 11.8. The van der Waals surface area contributed by atoms with Crippen molar-refractivity contribution in [2.24, 2.45) is 0 Å². The third-order valence-electron chi connectivity index (χ3n) is 2.72. The number of esters is 1. The van der Waals surface area contributed by atoms with E-state index < -0.39 is 17.7 Å². The molecule has 3 nitrogen and oxygen atoms in total. The summed E-state index contributed by atoms with van der Waals surface area (Å²) in [6.07, 6.45) is -1.86. The van der Waals surface area contributed by atoms with Crippen molar-refractivity contribution in [3.05, 3.63) is 48.0 Å². The van der Waals surface area contributed by atoms with Crippen molar-refractivity contribution >= 4 is 5.97 Å². The first-order valence-electron chi connectivity index (χ1n) is 6.15. The maximum atomic E-state index is 14.9. The molecular weight excluding hydrogens is 247 g/mol. The minimum absolute atomic E-state index is 0.0577. The number of hydrogen-bond acceptors (Lipinski definition) is 3. The highest BCUT2D eigenvalue weighted by molar-refractivity contribution is 5.81. The Labute approximate surface area is 112 Å². The normalized spacial score (nSPS) is 15.4. The maximum absolute atomic E-state index is 14.9. The number of alkyl halides is 1. The lowest BCUT2D eigenvalue weighted by atomic mass is 9.87. The zero-order valence-electron chi connectivity index (χ0n) is 11.2. The van der Waals surface area contributed by atoms with E-state index in [0.717, 1.165) is 0 Å². The molecule has 0 unspecified atom stereocenters. The molecule has 19 heavy (non-hydrogen) atoms. The number of aliphatic hydroxyl groups excluding tert-OH is 1. The molecule has 0 aromatic heterocycles. The summed E-state index contributed by atoms with van der Waals surface area (Å²) in [5.41, 5.74) is -1.71. The average molecular weight is 266 g/mol. The molecule has 0 heterocycles. The first-order chi connectivity index (χ1) is 8.91. The van der Waals surface area contributed by atoms with E-state index in [-0.39, 0.29) is 13.0 Å². The van der Waals surface area contributed by atoms with Gasteiger partial charge in [0.15, 0.2) is 0 Å². The Bertz CT molecular complexity index is 444. The standard InChI is InChI=1S/C15H19FO3/c1-4-19-14(18)15(16,10-11(2)3)13(17)12-8-6-5-7-9-12/h5-9,13,17H,2,4,10H2,1,3H3/t13-,15-/m0/s1. The van der Waals surface area contributed by atoms with Crippen LogP contribution in [0.15, 0.2) is 42.5 Å². The number of allylic oxidation sites excluding steroid dienone is 1. The van der Waals surface area contributed by atoms with E-state index >= 15 is 0 Å². The van der Waals surface area contributed by atoms with Gasteiger partial charge in [-0.05, 0) is 19.4 Å². The van der Waals surface area contributed by atoms with E-state index in [1.165, 1.54) is 0 Å². The maximum Gasteiger partial charge on any atom is 0.347 e. The predicted octanol–water partition coefficient (Wildman–Crippen LogP) is 2.96. The minimum Gasteiger partial charge on any atom is -0.464 e. The second-order valence-electron chi connectivity index (χ2n) is 4.53. The van der Waals surface area contributed by atoms with E-state index in [9.17, 15) is 14.3 Å². The van der Waals surface area contributed by atoms with Crippen LogP contribution in [0.5, 0.6) is 0 Å². The van der Waals surface area contributed by atoms with Gasteiger partial charge in [0.1, 0.15) is 6.10 Å². The molecular formula is C15H19FO3. The number of ether oxygens (including phenoxy) is 1. The molecule has 0 amide bonds. The van der Waals surface area contributed by atoms with Gasteiger partial charge < -0.3 is 9.84 Å². The summed E-state index contributed by atoms with van der Waals surface area (Å²) in [6.45, 7) is 6.85. The van der Waals surface area contributed by atoms with Crippen LogP contribution in [0.3, 0.4) is 0 Å². The first-order valence-corrected chi connectivity index (χ1v) is 6.15. The van der Waals surface area contributed by atoms with Gasteiger partial charge in [-0.15, -0.1) is 6.58 Å². The predicted molar refractivity (Wildman–Crippen MR) is 71.3 cm³/mol. The van der Waals surface area contributed by atoms with E-state index in [1.54, 1.807) is 44.2 Å². The molecule has 1 rings (SSSR count). The van der Waals surface area contributed by atoms with Gasteiger partial charge >= 0.3 is 5.97 Å². The van der Waals surface area contributed by atoms with Crippen molar-refractivity contribution in [1.29, 1.82) is 0 Å². The highest BCUT2D eigenvalue weighted by Gasteiger charge is 2.47. The fourth-order valence-corrected chi connectivity index (χ4v) is 1.87. The number of carbonyl (C=O) groups is 1. The summed E-state index contributed by atoms with van der Waals surface area (Å²) in [5, 5.41) is 10.2. The number of carbonyl (C=O) groups excluding carboxylic acids is 1. The summed E-state index contributed by atoms with van der Waals surface area (Å²) in [6, 6.07) is 8.22. The molecule has 0 saturated carbocycles. The number of hydrogen-bond donors (Lipinski definition) is 1. The van der Waals surface area contributed by atoms with Crippen LogP contribution < -0.4 is 0 Å². The molecule has 0 saturated heterocycles. The van der Waals surface area contributed by atoms with Gasteiger partial charge in [-0.25, -0.2) is 9.18 Å². The van der Waals surface area contributed by atoms with Crippen molar-refractivity contribution < 1.29 is 19.0 Å². The molecule has 104 valence electrons. The molecule has 4 heteroatoms. The topological polar surface area (TPSA) is 46.5 Å². The number of aliphatic hydroxyl groups is 1. The lowest BCUT2D eigenvalue weighted by Gasteiger charge is -2.28. The molecule has 2 atom stereocenters. The summed E-state index contributed by atoms with van der Waals surface area (Å²) < 4.78 is 19.7. The van der Waals surface area contributed by atoms with Crippen molar-refractivity contribution in [3.8, 4) is 0 Å². The Kier molecular flexibility index (Phi) is 5.24. The van der Waals surface area contributed by atoms with Crippen molar-refractivity contribution in [2.45, 2.75) is 32.0 Å². The van der Waals surface area contributed by atoms with Crippen LogP contribution in [0.1, 0.15) is 31.9 Å². The van der Waals surface area contributed by atoms with Crippen LogP contribution in [0, 0.1) is 0 Å². The van der Waals surface area contributed by atoms with E-state index in [4.69, 9.17) is 4.74 Å². The number of benzene rings is 1. The van der Waals surface area contributed by atoms with Crippen molar-refractivity contribution in [2.75, 3.05) is 6.61 Å². The van der Waals surface area contributed by atoms with Gasteiger partial charge in [-0.2, -0.15) is 0 Å². The lowest BCUT2D eigenvalue weighted by molar-refractivity contribution is -0.166. The first kappa shape index (κ1) is 15.4. The molecule has 0 bridgehead atoms. The largest absolute Gasteiger partial charge is 0.464 e. The van der Waals surface area contributed by atoms with Crippen molar-refractivity contribution in [1.82, 2.24) is 0 Å². The Balaban J connectivity index is 3.09. The SMILES string of the molecule is C=C(C)C[C@@](F)(C(=O)OCC)[C@@H](O)c1ccccc1. The molecule has 1 aromatic rings. The minimum atomic E-state index is -2.51. The molecule has 0 radical (unpaired) electrons. The fraction of sp³-hybridized carbons (Fsp3) is 0.400. The number of rotatable bonds is 6. The van der Waals surface area contributed by atoms with Crippen LogP contribution >= 0.6 is 0 Å². The molecule has 1 aromatic carbocycles.